The molecule has 0 radical (unpaired) electrons. The van der Waals surface area contributed by atoms with Gasteiger partial charge in [-0.25, -0.2) is 0 Å². The first-order valence-electron chi connectivity index (χ1n) is 7.62. The Hall–Kier alpha value is -3.62. The fourth-order valence-electron chi connectivity index (χ4n) is 2.22. The zero-order chi connectivity index (χ0) is 18.5. The Balaban J connectivity index is 1.49. The first-order chi connectivity index (χ1) is 12.5. The van der Waals surface area contributed by atoms with E-state index in [9.17, 15) is 19.7 Å². The average molecular weight is 358 g/mol. The van der Waals surface area contributed by atoms with Crippen LogP contribution in [0.1, 0.15) is 0 Å². The number of nitrogens with one attached hydrogen (secondary N) is 1. The van der Waals surface area contributed by atoms with E-state index in [1.807, 2.05) is 0 Å². The zero-order valence-electron chi connectivity index (χ0n) is 13.4. The van der Waals surface area contributed by atoms with Gasteiger partial charge in [0, 0.05) is 12.1 Å². The molecular weight excluding hydrogens is 344 g/mol. The van der Waals surface area contributed by atoms with Crippen LogP contribution in [0.3, 0.4) is 0 Å². The van der Waals surface area contributed by atoms with E-state index >= 15 is 0 Å². The minimum Gasteiger partial charge on any atom is -0.485 e. The Labute approximate surface area is 147 Å². The molecule has 0 saturated carbocycles. The molecule has 1 atom stereocenters. The lowest BCUT2D eigenvalue weighted by Crippen LogP contribution is -2.47. The molecule has 0 bridgehead atoms. The van der Waals surface area contributed by atoms with Crippen molar-refractivity contribution < 1.29 is 28.7 Å². The molecule has 1 aliphatic rings. The van der Waals surface area contributed by atoms with E-state index in [-0.39, 0.29) is 18.0 Å². The van der Waals surface area contributed by atoms with Crippen LogP contribution in [0, 0.1) is 10.1 Å². The van der Waals surface area contributed by atoms with Gasteiger partial charge in [0.15, 0.2) is 18.1 Å². The summed E-state index contributed by atoms with van der Waals surface area (Å²) in [5.74, 6) is -0.0881. The van der Waals surface area contributed by atoms with Crippen LogP contribution in [0.2, 0.25) is 0 Å². The number of ether oxygens (including phenoxy) is 3. The number of carbonyl (C=O) groups is 2. The molecule has 2 aromatic carbocycles. The number of carbonyl (C=O) groups excluding carboxylic acids is 2. The highest BCUT2D eigenvalue weighted by atomic mass is 16.6. The molecule has 2 amide bonds. The summed E-state index contributed by atoms with van der Waals surface area (Å²) < 4.78 is 16.1. The molecule has 1 heterocycles. The van der Waals surface area contributed by atoms with Crippen LogP contribution < -0.4 is 19.5 Å². The molecule has 1 aliphatic heterocycles. The van der Waals surface area contributed by atoms with Crippen LogP contribution in [-0.2, 0) is 9.59 Å². The van der Waals surface area contributed by atoms with Crippen LogP contribution in [0.25, 0.3) is 0 Å². The normalized spacial score (nSPS) is 15.0. The van der Waals surface area contributed by atoms with Gasteiger partial charge in [0.25, 0.3) is 17.5 Å². The Morgan fingerprint density at radius 2 is 1.85 bits per heavy atom. The van der Waals surface area contributed by atoms with E-state index in [1.54, 1.807) is 24.3 Å². The van der Waals surface area contributed by atoms with E-state index in [0.29, 0.717) is 11.5 Å². The van der Waals surface area contributed by atoms with Crippen molar-refractivity contribution in [3.63, 3.8) is 0 Å². The standard InChI is InChI=1S/C17H14N2O7/c20-16(10-24-12-7-5-11(6-8-12)19(22)23)18-17(21)15-9-25-13-3-1-2-4-14(13)26-15/h1-8,15H,9-10H2,(H,18,20,21)/t15-/m1/s1. The number of hydrogen-bond donors (Lipinski definition) is 1. The van der Waals surface area contributed by atoms with Crippen LogP contribution in [0.5, 0.6) is 17.2 Å². The largest absolute Gasteiger partial charge is 0.485 e. The number of nitro benzene ring substituents is 1. The van der Waals surface area contributed by atoms with Crippen molar-refractivity contribution in [2.45, 2.75) is 6.10 Å². The molecule has 0 aromatic heterocycles. The van der Waals surface area contributed by atoms with Gasteiger partial charge in [0.2, 0.25) is 6.10 Å². The van der Waals surface area contributed by atoms with Gasteiger partial charge in [0.05, 0.1) is 4.92 Å². The maximum Gasteiger partial charge on any atom is 0.271 e. The Kier molecular flexibility index (Phi) is 4.97. The third-order valence-electron chi connectivity index (χ3n) is 3.48. The summed E-state index contributed by atoms with van der Waals surface area (Å²) in [6.45, 7) is -0.437. The third-order valence-corrected chi connectivity index (χ3v) is 3.48. The van der Waals surface area contributed by atoms with Gasteiger partial charge in [-0.3, -0.25) is 25.0 Å². The highest BCUT2D eigenvalue weighted by molar-refractivity contribution is 5.98. The SMILES string of the molecule is O=C(COc1ccc([N+](=O)[O-])cc1)NC(=O)[C@H]1COc2ccccc2O1. The number of nitrogens with zero attached hydrogens (tertiary/aromatic N) is 1. The second-order valence-electron chi connectivity index (χ2n) is 5.32. The van der Waals surface area contributed by atoms with E-state index < -0.39 is 29.4 Å². The Morgan fingerprint density at radius 1 is 1.15 bits per heavy atom. The lowest BCUT2D eigenvalue weighted by atomic mass is 10.2. The number of benzene rings is 2. The summed E-state index contributed by atoms with van der Waals surface area (Å²) in [4.78, 5) is 33.9. The zero-order valence-corrected chi connectivity index (χ0v) is 13.4. The number of para-hydroxylation sites is 2. The van der Waals surface area contributed by atoms with Gasteiger partial charge in [0.1, 0.15) is 12.4 Å². The van der Waals surface area contributed by atoms with Crippen molar-refractivity contribution >= 4 is 17.5 Å². The third kappa shape index (κ3) is 4.07. The molecule has 0 unspecified atom stereocenters. The van der Waals surface area contributed by atoms with Crippen molar-refractivity contribution in [1.29, 1.82) is 0 Å². The van der Waals surface area contributed by atoms with Crippen molar-refractivity contribution in [3.8, 4) is 17.2 Å². The van der Waals surface area contributed by atoms with Crippen molar-refractivity contribution in [2.24, 2.45) is 0 Å². The van der Waals surface area contributed by atoms with Crippen molar-refractivity contribution in [2.75, 3.05) is 13.2 Å². The summed E-state index contributed by atoms with van der Waals surface area (Å²) >= 11 is 0. The van der Waals surface area contributed by atoms with E-state index in [4.69, 9.17) is 14.2 Å². The average Bonchev–Trinajstić information content (AvgIpc) is 2.66. The molecule has 9 heteroatoms. The molecule has 0 spiro atoms. The fraction of sp³-hybridized carbons (Fsp3) is 0.176. The molecule has 0 saturated heterocycles. The quantitative estimate of drug-likeness (QED) is 0.635. The summed E-state index contributed by atoms with van der Waals surface area (Å²) in [5, 5.41) is 12.7. The van der Waals surface area contributed by atoms with Crippen LogP contribution in [0.4, 0.5) is 5.69 Å². The van der Waals surface area contributed by atoms with E-state index in [1.165, 1.54) is 24.3 Å². The highest BCUT2D eigenvalue weighted by Gasteiger charge is 2.28. The summed E-state index contributed by atoms with van der Waals surface area (Å²) in [6, 6.07) is 12.1. The smallest absolute Gasteiger partial charge is 0.271 e. The summed E-state index contributed by atoms with van der Waals surface area (Å²) in [5.41, 5.74) is -0.0910. The van der Waals surface area contributed by atoms with Gasteiger partial charge < -0.3 is 14.2 Å². The number of fused-ring (bicyclic) bond motifs is 1. The van der Waals surface area contributed by atoms with Gasteiger partial charge in [-0.05, 0) is 24.3 Å². The van der Waals surface area contributed by atoms with Crippen LogP contribution >= 0.6 is 0 Å². The molecule has 26 heavy (non-hydrogen) atoms. The van der Waals surface area contributed by atoms with Gasteiger partial charge in [-0.2, -0.15) is 0 Å². The minimum absolute atomic E-state index is 0.0145. The molecule has 2 aromatic rings. The maximum absolute atomic E-state index is 12.1. The topological polar surface area (TPSA) is 117 Å². The lowest BCUT2D eigenvalue weighted by molar-refractivity contribution is -0.384. The van der Waals surface area contributed by atoms with Crippen molar-refractivity contribution in [1.82, 2.24) is 5.32 Å². The molecule has 134 valence electrons. The molecule has 1 N–H and O–H groups in total. The predicted molar refractivity (Wildman–Crippen MR) is 88.1 cm³/mol. The Morgan fingerprint density at radius 3 is 2.54 bits per heavy atom. The first kappa shape index (κ1) is 17.2. The molecular formula is C17H14N2O7. The van der Waals surface area contributed by atoms with E-state index in [0.717, 1.165) is 0 Å². The lowest BCUT2D eigenvalue weighted by Gasteiger charge is -2.25. The maximum atomic E-state index is 12.1. The second kappa shape index (κ2) is 7.51. The number of nitro groups is 1. The molecule has 9 nitrogen and oxygen atoms in total. The van der Waals surface area contributed by atoms with Crippen LogP contribution in [-0.4, -0.2) is 36.1 Å². The second-order valence-corrected chi connectivity index (χ2v) is 5.32. The summed E-state index contributed by atoms with van der Waals surface area (Å²) in [6.07, 6.45) is -0.951. The predicted octanol–water partition coefficient (Wildman–Crippen LogP) is 1.46. The first-order valence-corrected chi connectivity index (χ1v) is 7.62. The number of imide groups is 1. The number of rotatable bonds is 5. The molecule has 3 rings (SSSR count). The molecule has 0 aliphatic carbocycles. The number of amides is 2. The minimum atomic E-state index is -0.951. The number of hydrogen-bond acceptors (Lipinski definition) is 7. The van der Waals surface area contributed by atoms with Gasteiger partial charge >= 0.3 is 0 Å². The fourth-order valence-corrected chi connectivity index (χ4v) is 2.22. The monoisotopic (exact) mass is 358 g/mol. The van der Waals surface area contributed by atoms with Crippen molar-refractivity contribution in [3.05, 3.63) is 58.6 Å². The summed E-state index contributed by atoms with van der Waals surface area (Å²) in [7, 11) is 0. The van der Waals surface area contributed by atoms with E-state index in [2.05, 4.69) is 5.32 Å². The molecule has 0 fully saturated rings. The van der Waals surface area contributed by atoms with Gasteiger partial charge in [-0.15, -0.1) is 0 Å². The highest BCUT2D eigenvalue weighted by Crippen LogP contribution is 2.30. The van der Waals surface area contributed by atoms with Crippen LogP contribution in [0.15, 0.2) is 48.5 Å². The van der Waals surface area contributed by atoms with Gasteiger partial charge in [-0.1, -0.05) is 12.1 Å². The Bertz CT molecular complexity index is 835. The number of non-ortho nitro benzene ring substituents is 1.